The largest absolute Gasteiger partial charge is 0.383 e. The fourth-order valence-electron chi connectivity index (χ4n) is 6.86. The van der Waals surface area contributed by atoms with E-state index in [4.69, 9.17) is 30.7 Å². The molecular weight excluding hydrogens is 697 g/mol. The Bertz CT molecular complexity index is 2600. The molecule has 57 heavy (non-hydrogen) atoms. The van der Waals surface area contributed by atoms with E-state index in [-0.39, 0.29) is 0 Å². The molecular formula is C51H42N6. The maximum Gasteiger partial charge on any atom is 0.164 e. The van der Waals surface area contributed by atoms with E-state index in [1.807, 2.05) is 121 Å². The molecule has 0 spiro atoms. The summed E-state index contributed by atoms with van der Waals surface area (Å²) in [6.45, 7) is 2.68. The predicted octanol–water partition coefficient (Wildman–Crippen LogP) is 11.5. The molecule has 0 aliphatic heterocycles. The van der Waals surface area contributed by atoms with Gasteiger partial charge in [0, 0.05) is 27.8 Å². The quantitative estimate of drug-likeness (QED) is 0.106. The molecule has 8 aromatic rings. The zero-order chi connectivity index (χ0) is 38.8. The Kier molecular flexibility index (Phi) is 11.2. The van der Waals surface area contributed by atoms with E-state index < -0.39 is 0 Å². The van der Waals surface area contributed by atoms with Gasteiger partial charge in [0.25, 0.3) is 0 Å². The van der Waals surface area contributed by atoms with Crippen LogP contribution in [-0.4, -0.2) is 26.6 Å². The Hall–Kier alpha value is -7.31. The van der Waals surface area contributed by atoms with Crippen molar-refractivity contribution in [1.29, 1.82) is 0 Å². The van der Waals surface area contributed by atoms with Crippen molar-refractivity contribution in [3.05, 3.63) is 210 Å². The second-order valence-corrected chi connectivity index (χ2v) is 13.8. The number of nitrogens with two attached hydrogens (primary N) is 1. The summed E-state index contributed by atoms with van der Waals surface area (Å²) >= 11 is 0. The van der Waals surface area contributed by atoms with Gasteiger partial charge < -0.3 is 5.73 Å². The maximum absolute atomic E-state index is 6.46. The molecule has 7 aromatic carbocycles. The molecule has 1 heterocycles. The first-order valence-corrected chi connectivity index (χ1v) is 19.3. The van der Waals surface area contributed by atoms with Gasteiger partial charge in [0.2, 0.25) is 0 Å². The first kappa shape index (κ1) is 36.7. The molecule has 0 bridgehead atoms. The highest BCUT2D eigenvalue weighted by molar-refractivity contribution is 6.10. The summed E-state index contributed by atoms with van der Waals surface area (Å²) in [5.74, 6) is 2.95. The minimum absolute atomic E-state index is 0.430. The van der Waals surface area contributed by atoms with Gasteiger partial charge in [0.15, 0.2) is 23.3 Å². The highest BCUT2D eigenvalue weighted by atomic mass is 15.0. The lowest BCUT2D eigenvalue weighted by Gasteiger charge is -2.14. The van der Waals surface area contributed by atoms with Crippen LogP contribution in [0, 0.1) is 0 Å². The first-order valence-electron chi connectivity index (χ1n) is 19.3. The van der Waals surface area contributed by atoms with Crippen molar-refractivity contribution in [2.24, 2.45) is 15.7 Å². The van der Waals surface area contributed by atoms with Crippen molar-refractivity contribution in [1.82, 2.24) is 15.0 Å². The van der Waals surface area contributed by atoms with Crippen LogP contribution in [-0.2, 0) is 13.0 Å². The Labute approximate surface area is 334 Å². The van der Waals surface area contributed by atoms with Crippen LogP contribution in [0.2, 0.25) is 0 Å². The van der Waals surface area contributed by atoms with Gasteiger partial charge in [-0.3, -0.25) is 4.99 Å². The van der Waals surface area contributed by atoms with Crippen LogP contribution in [0.25, 0.3) is 56.4 Å². The molecule has 8 rings (SSSR count). The molecule has 1 aromatic heterocycles. The van der Waals surface area contributed by atoms with E-state index in [1.165, 1.54) is 11.1 Å². The van der Waals surface area contributed by atoms with Crippen LogP contribution in [0.5, 0.6) is 0 Å². The Balaban J connectivity index is 1.14. The molecule has 0 fully saturated rings. The Morgan fingerprint density at radius 3 is 1.61 bits per heavy atom. The summed E-state index contributed by atoms with van der Waals surface area (Å²) in [6.07, 6.45) is 2.00. The second kappa shape index (κ2) is 17.4. The van der Waals surface area contributed by atoms with Gasteiger partial charge in [-0.2, -0.15) is 0 Å². The van der Waals surface area contributed by atoms with E-state index in [0.717, 1.165) is 62.9 Å². The van der Waals surface area contributed by atoms with Crippen LogP contribution in [0.1, 0.15) is 35.6 Å². The number of rotatable bonds is 11. The monoisotopic (exact) mass is 738 g/mol. The summed E-state index contributed by atoms with van der Waals surface area (Å²) in [5, 5.41) is 0. The molecule has 0 saturated heterocycles. The summed E-state index contributed by atoms with van der Waals surface area (Å²) < 4.78 is 0. The SMILES string of the molecule is CCCc1ccc(-c2cccc(CN=C(N=C(N)c3ccccc3)c3ccccc3)c2)cc1-c1cccc(-c2nc(-c3ccccc3)nc(-c3ccccc3)n2)c1. The van der Waals surface area contributed by atoms with Gasteiger partial charge in [-0.25, -0.2) is 19.9 Å². The van der Waals surface area contributed by atoms with Crippen LogP contribution in [0.4, 0.5) is 0 Å². The van der Waals surface area contributed by atoms with Gasteiger partial charge in [-0.05, 0) is 58.0 Å². The molecule has 6 heteroatoms. The topological polar surface area (TPSA) is 89.4 Å². The fourth-order valence-corrected chi connectivity index (χ4v) is 6.86. The van der Waals surface area contributed by atoms with Crippen molar-refractivity contribution in [3.63, 3.8) is 0 Å². The number of benzene rings is 7. The molecule has 0 atom stereocenters. The number of aliphatic imine (C=N–C) groups is 2. The van der Waals surface area contributed by atoms with E-state index in [1.54, 1.807) is 0 Å². The summed E-state index contributed by atoms with van der Waals surface area (Å²) in [7, 11) is 0. The molecule has 0 aliphatic carbocycles. The third-order valence-corrected chi connectivity index (χ3v) is 9.76. The lowest BCUT2D eigenvalue weighted by molar-refractivity contribution is 0.924. The third-order valence-electron chi connectivity index (χ3n) is 9.76. The molecule has 6 nitrogen and oxygen atoms in total. The minimum Gasteiger partial charge on any atom is -0.383 e. The smallest absolute Gasteiger partial charge is 0.164 e. The highest BCUT2D eigenvalue weighted by Crippen LogP contribution is 2.34. The zero-order valence-corrected chi connectivity index (χ0v) is 31.8. The lowest BCUT2D eigenvalue weighted by Crippen LogP contribution is -2.16. The first-order chi connectivity index (χ1) is 28.1. The molecule has 0 amide bonds. The van der Waals surface area contributed by atoms with Crippen molar-refractivity contribution in [2.45, 2.75) is 26.3 Å². The summed E-state index contributed by atoms with van der Waals surface area (Å²) in [6, 6.07) is 63.9. The fraction of sp³-hybridized carbons (Fsp3) is 0.0784. The molecule has 0 radical (unpaired) electrons. The van der Waals surface area contributed by atoms with Crippen molar-refractivity contribution >= 4 is 11.7 Å². The van der Waals surface area contributed by atoms with Crippen LogP contribution >= 0.6 is 0 Å². The maximum atomic E-state index is 6.46. The van der Waals surface area contributed by atoms with E-state index in [9.17, 15) is 0 Å². The number of aryl methyl sites for hydroxylation is 1. The second-order valence-electron chi connectivity index (χ2n) is 13.8. The lowest BCUT2D eigenvalue weighted by atomic mass is 9.91. The molecule has 0 saturated carbocycles. The number of amidine groups is 2. The third kappa shape index (κ3) is 8.82. The van der Waals surface area contributed by atoms with Crippen molar-refractivity contribution in [2.75, 3.05) is 0 Å². The molecule has 0 aliphatic rings. The molecule has 276 valence electrons. The Morgan fingerprint density at radius 1 is 0.474 bits per heavy atom. The van der Waals surface area contributed by atoms with Gasteiger partial charge in [-0.1, -0.05) is 183 Å². The number of hydrogen-bond donors (Lipinski definition) is 1. The average molecular weight is 739 g/mol. The average Bonchev–Trinajstić information content (AvgIpc) is 3.29. The number of hydrogen-bond acceptors (Lipinski definition) is 4. The van der Waals surface area contributed by atoms with Crippen LogP contribution < -0.4 is 5.73 Å². The van der Waals surface area contributed by atoms with E-state index >= 15 is 0 Å². The predicted molar refractivity (Wildman–Crippen MR) is 235 cm³/mol. The van der Waals surface area contributed by atoms with E-state index in [2.05, 4.69) is 73.7 Å². The number of nitrogens with zero attached hydrogens (tertiary/aromatic N) is 5. The van der Waals surface area contributed by atoms with E-state index in [0.29, 0.717) is 35.7 Å². The normalized spacial score (nSPS) is 11.7. The zero-order valence-electron chi connectivity index (χ0n) is 31.8. The van der Waals surface area contributed by atoms with Gasteiger partial charge in [0.05, 0.1) is 6.54 Å². The molecule has 0 unspecified atom stereocenters. The summed E-state index contributed by atoms with van der Waals surface area (Å²) in [5.41, 5.74) is 18.0. The van der Waals surface area contributed by atoms with Crippen LogP contribution in [0.15, 0.2) is 198 Å². The van der Waals surface area contributed by atoms with Crippen molar-refractivity contribution in [3.8, 4) is 56.4 Å². The summed E-state index contributed by atoms with van der Waals surface area (Å²) in [4.78, 5) is 24.7. The van der Waals surface area contributed by atoms with Crippen LogP contribution in [0.3, 0.4) is 0 Å². The van der Waals surface area contributed by atoms with Gasteiger partial charge in [0.1, 0.15) is 5.84 Å². The standard InChI is InChI=1S/C51H42N6/c1-2-17-37-30-31-43(42-27-15-18-36(32-42)35-53-48(39-21-9-4-10-22-39)54-47(52)38-19-7-3-8-20-38)34-46(37)44-28-16-29-45(33-44)51-56-49(40-23-11-5-12-24-40)55-50(57-51)41-25-13-6-14-26-41/h3-16,18-34H,2,17,35H2,1H3,(H2,52,53,54). The van der Waals surface area contributed by atoms with Crippen molar-refractivity contribution < 1.29 is 0 Å². The Morgan fingerprint density at radius 2 is 0.982 bits per heavy atom. The molecule has 2 N–H and O–H groups in total. The van der Waals surface area contributed by atoms with Gasteiger partial charge in [-0.15, -0.1) is 0 Å². The minimum atomic E-state index is 0.430. The highest BCUT2D eigenvalue weighted by Gasteiger charge is 2.15. The number of aromatic nitrogens is 3. The van der Waals surface area contributed by atoms with Gasteiger partial charge >= 0.3 is 0 Å².